The third kappa shape index (κ3) is 5.23. The molecule has 10 heavy (non-hydrogen) atoms. The first-order valence-electron chi connectivity index (χ1n) is 2.32. The van der Waals surface area contributed by atoms with Crippen LogP contribution in [0.5, 0.6) is 0 Å². The molecule has 0 heterocycles. The zero-order valence-electron chi connectivity index (χ0n) is 5.25. The molecule has 0 aromatic carbocycles. The van der Waals surface area contributed by atoms with Gasteiger partial charge < -0.3 is 4.74 Å². The van der Waals surface area contributed by atoms with E-state index in [4.69, 9.17) is 0 Å². The molecule has 0 fully saturated rings. The average molecular weight is 164 g/mol. The molecule has 57 valence electrons. The van der Waals surface area contributed by atoms with Gasteiger partial charge in [0.25, 0.3) is 0 Å². The van der Waals surface area contributed by atoms with E-state index >= 15 is 0 Å². The van der Waals surface area contributed by atoms with E-state index in [0.29, 0.717) is 0 Å². The Morgan fingerprint density at radius 3 is 2.60 bits per heavy atom. The Morgan fingerprint density at radius 1 is 1.60 bits per heavy atom. The Kier molecular flexibility index (Phi) is 4.47. The summed E-state index contributed by atoms with van der Waals surface area (Å²) in [5.41, 5.74) is 0. The molecule has 0 saturated carbocycles. The lowest BCUT2D eigenvalue weighted by Gasteiger charge is -1.98. The molecule has 0 aromatic heterocycles. The van der Waals surface area contributed by atoms with Crippen molar-refractivity contribution in [1.82, 2.24) is 5.32 Å². The summed E-state index contributed by atoms with van der Waals surface area (Å²) in [6.07, 6.45) is 0.0651. The van der Waals surface area contributed by atoms with Gasteiger partial charge in [-0.25, -0.2) is 14.7 Å². The maximum atomic E-state index is 10.3. The molecule has 6 heteroatoms. The number of ether oxygens (including phenoxy) is 1. The number of hydrogen-bond acceptors (Lipinski definition) is 4. The van der Waals surface area contributed by atoms with Crippen LogP contribution in [0.4, 0.5) is 9.59 Å². The van der Waals surface area contributed by atoms with E-state index in [1.807, 2.05) is 0 Å². The summed E-state index contributed by atoms with van der Waals surface area (Å²) < 4.78 is 4.29. The highest BCUT2D eigenvalue weighted by Crippen LogP contribution is 1.96. The molecular weight excluding hydrogens is 158 g/mol. The largest absolute Gasteiger partial charge is 0.453 e. The van der Waals surface area contributed by atoms with Crippen LogP contribution in [0.15, 0.2) is 0 Å². The lowest BCUT2D eigenvalue weighted by Crippen LogP contribution is -2.23. The Hall–Kier alpha value is -0.910. The maximum absolute atomic E-state index is 10.3. The zero-order valence-corrected chi connectivity index (χ0v) is 6.06. The van der Waals surface area contributed by atoms with Crippen LogP contribution in [-0.2, 0) is 9.84 Å². The van der Waals surface area contributed by atoms with Crippen molar-refractivity contribution in [3.05, 3.63) is 0 Å². The highest BCUT2D eigenvalue weighted by molar-refractivity contribution is 8.12. The smallest absolute Gasteiger partial charge is 0.436 e. The molecule has 0 unspecified atom stereocenters. The second kappa shape index (κ2) is 4.92. The number of carbonyl (C=O) groups excluding carboxylic acids is 2. The SMILES string of the molecule is CSC(=O)OCNC([O])=O. The third-order valence-electron chi connectivity index (χ3n) is 0.573. The predicted octanol–water partition coefficient (Wildman–Crippen LogP) is 0.584. The normalized spacial score (nSPS) is 8.50. The molecule has 0 bridgehead atoms. The minimum Gasteiger partial charge on any atom is -0.436 e. The van der Waals surface area contributed by atoms with Crippen molar-refractivity contribution >= 4 is 23.2 Å². The van der Waals surface area contributed by atoms with Crippen LogP contribution in [0.1, 0.15) is 0 Å². The fourth-order valence-corrected chi connectivity index (χ4v) is 0.390. The minimum absolute atomic E-state index is 0.359. The number of rotatable bonds is 2. The van der Waals surface area contributed by atoms with E-state index in [1.165, 1.54) is 6.26 Å². The summed E-state index contributed by atoms with van der Waals surface area (Å²) in [6.45, 7) is -0.359. The molecule has 1 radical (unpaired) electrons. The standard InChI is InChI=1S/C4H6NO4S/c1-10-4(8)9-2-5-3(6)7/h5H,2H2,1H3. The summed E-state index contributed by atoms with van der Waals surface area (Å²) in [7, 11) is 0. The predicted molar refractivity (Wildman–Crippen MR) is 34.1 cm³/mol. The second-order valence-electron chi connectivity index (χ2n) is 1.21. The molecule has 1 N–H and O–H groups in total. The van der Waals surface area contributed by atoms with Gasteiger partial charge in [0, 0.05) is 0 Å². The molecule has 0 atom stereocenters. The zero-order chi connectivity index (χ0) is 7.98. The van der Waals surface area contributed by atoms with E-state index in [1.54, 1.807) is 5.32 Å². The van der Waals surface area contributed by atoms with Crippen molar-refractivity contribution in [2.45, 2.75) is 0 Å². The van der Waals surface area contributed by atoms with Crippen molar-refractivity contribution < 1.29 is 19.4 Å². The molecule has 0 rings (SSSR count). The van der Waals surface area contributed by atoms with Crippen LogP contribution < -0.4 is 5.32 Å². The fourth-order valence-electron chi connectivity index (χ4n) is 0.213. The first-order chi connectivity index (χ1) is 4.66. The van der Waals surface area contributed by atoms with Gasteiger partial charge in [0.15, 0.2) is 6.73 Å². The first-order valence-corrected chi connectivity index (χ1v) is 3.55. The van der Waals surface area contributed by atoms with Gasteiger partial charge in [-0.1, -0.05) is 0 Å². The molecule has 0 aliphatic carbocycles. The topological polar surface area (TPSA) is 75.3 Å². The number of hydrogen-bond donors (Lipinski definition) is 1. The fraction of sp³-hybridized carbons (Fsp3) is 0.500. The van der Waals surface area contributed by atoms with E-state index in [2.05, 4.69) is 4.74 Å². The summed E-state index contributed by atoms with van der Waals surface area (Å²) in [5, 5.41) is 10.9. The van der Waals surface area contributed by atoms with E-state index in [0.717, 1.165) is 11.8 Å². The molecule has 1 amide bonds. The molecule has 0 aliphatic rings. The van der Waals surface area contributed by atoms with Crippen LogP contribution >= 0.6 is 11.8 Å². The van der Waals surface area contributed by atoms with Crippen LogP contribution in [0.25, 0.3) is 0 Å². The van der Waals surface area contributed by atoms with Crippen LogP contribution in [0.2, 0.25) is 0 Å². The van der Waals surface area contributed by atoms with Gasteiger partial charge in [0.1, 0.15) is 0 Å². The summed E-state index contributed by atoms with van der Waals surface area (Å²) in [6, 6.07) is 0. The van der Waals surface area contributed by atoms with Crippen molar-refractivity contribution in [2.75, 3.05) is 13.0 Å². The lowest BCUT2D eigenvalue weighted by atomic mass is 11.0. The maximum Gasteiger partial charge on any atom is 0.453 e. The van der Waals surface area contributed by atoms with Gasteiger partial charge in [-0.3, -0.25) is 5.32 Å². The van der Waals surface area contributed by atoms with Crippen molar-refractivity contribution in [2.24, 2.45) is 0 Å². The van der Waals surface area contributed by atoms with Gasteiger partial charge in [-0.2, -0.15) is 0 Å². The van der Waals surface area contributed by atoms with Gasteiger partial charge >= 0.3 is 11.4 Å². The Bertz CT molecular complexity index is 137. The number of nitrogens with one attached hydrogen (secondary N) is 1. The minimum atomic E-state index is -1.46. The Balaban J connectivity index is 3.20. The number of thioether (sulfide) groups is 1. The van der Waals surface area contributed by atoms with Crippen LogP contribution in [0.3, 0.4) is 0 Å². The van der Waals surface area contributed by atoms with Crippen LogP contribution in [0, 0.1) is 0 Å². The number of amides is 1. The molecular formula is C4H6NO4S. The van der Waals surface area contributed by atoms with Crippen LogP contribution in [-0.4, -0.2) is 24.4 Å². The summed E-state index contributed by atoms with van der Waals surface area (Å²) >= 11 is 0.862. The monoisotopic (exact) mass is 164 g/mol. The van der Waals surface area contributed by atoms with E-state index in [-0.39, 0.29) is 6.73 Å². The quantitative estimate of drug-likeness (QED) is 0.478. The lowest BCUT2D eigenvalue weighted by molar-refractivity contribution is 0.139. The summed E-state index contributed by atoms with van der Waals surface area (Å²) in [5.74, 6) is 0. The van der Waals surface area contributed by atoms with Crippen molar-refractivity contribution in [3.63, 3.8) is 0 Å². The molecule has 5 nitrogen and oxygen atoms in total. The molecule has 0 saturated heterocycles. The molecule has 0 spiro atoms. The molecule has 0 aromatic rings. The first kappa shape index (κ1) is 9.09. The average Bonchev–Trinajstić information content (AvgIpc) is 1.87. The van der Waals surface area contributed by atoms with Gasteiger partial charge in [-0.15, -0.1) is 0 Å². The van der Waals surface area contributed by atoms with E-state index < -0.39 is 11.4 Å². The Morgan fingerprint density at radius 2 is 2.20 bits per heavy atom. The Labute approximate surface area is 61.7 Å². The highest BCUT2D eigenvalue weighted by Gasteiger charge is 2.00. The van der Waals surface area contributed by atoms with Crippen molar-refractivity contribution in [3.8, 4) is 0 Å². The second-order valence-corrected chi connectivity index (χ2v) is 1.95. The van der Waals surface area contributed by atoms with E-state index in [9.17, 15) is 14.7 Å². The van der Waals surface area contributed by atoms with Gasteiger partial charge in [0.05, 0.1) is 0 Å². The molecule has 0 aliphatic heterocycles. The highest BCUT2D eigenvalue weighted by atomic mass is 32.2. The third-order valence-corrected chi connectivity index (χ3v) is 1.02. The number of carbonyl (C=O) groups is 2. The summed E-state index contributed by atoms with van der Waals surface area (Å²) in [4.78, 5) is 19.9. The van der Waals surface area contributed by atoms with Crippen molar-refractivity contribution in [1.29, 1.82) is 0 Å². The van der Waals surface area contributed by atoms with Gasteiger partial charge in [0.2, 0.25) is 0 Å². The van der Waals surface area contributed by atoms with Gasteiger partial charge in [-0.05, 0) is 18.0 Å².